The van der Waals surface area contributed by atoms with Gasteiger partial charge in [0.1, 0.15) is 18.4 Å². The molecular weight excluding hydrogens is 444 g/mol. The highest BCUT2D eigenvalue weighted by molar-refractivity contribution is 6.05. The predicted molar refractivity (Wildman–Crippen MR) is 132 cm³/mol. The van der Waals surface area contributed by atoms with Gasteiger partial charge in [0.15, 0.2) is 0 Å². The van der Waals surface area contributed by atoms with Gasteiger partial charge in [0, 0.05) is 41.4 Å². The van der Waals surface area contributed by atoms with Gasteiger partial charge in [-0.25, -0.2) is 0 Å². The summed E-state index contributed by atoms with van der Waals surface area (Å²) in [6.45, 7) is 7.52. The van der Waals surface area contributed by atoms with E-state index < -0.39 is 11.9 Å². The highest BCUT2D eigenvalue weighted by Crippen LogP contribution is 2.34. The second-order valence-corrected chi connectivity index (χ2v) is 10.0. The Balaban J connectivity index is 1.37. The first-order chi connectivity index (χ1) is 16.6. The maximum Gasteiger partial charge on any atom is 0.255 e. The molecule has 35 heavy (non-hydrogen) atoms. The third kappa shape index (κ3) is 5.48. The van der Waals surface area contributed by atoms with Gasteiger partial charge in [0.05, 0.1) is 6.54 Å². The maximum absolute atomic E-state index is 13.0. The monoisotopic (exact) mass is 476 g/mol. The lowest BCUT2D eigenvalue weighted by Gasteiger charge is -2.29. The largest absolute Gasteiger partial charge is 0.489 e. The summed E-state index contributed by atoms with van der Waals surface area (Å²) in [6.07, 6.45) is 2.42. The van der Waals surface area contributed by atoms with Gasteiger partial charge in [-0.2, -0.15) is 0 Å². The Hall–Kier alpha value is -3.81. The summed E-state index contributed by atoms with van der Waals surface area (Å²) in [5, 5.41) is 5.58. The Kier molecular flexibility index (Phi) is 6.82. The molecule has 0 saturated carbocycles. The molecule has 2 aliphatic rings. The molecule has 8 nitrogen and oxygen atoms in total. The molecule has 4 rings (SSSR count). The number of fused-ring (bicyclic) bond motifs is 1. The van der Waals surface area contributed by atoms with Crippen LogP contribution in [0.25, 0.3) is 0 Å². The van der Waals surface area contributed by atoms with Gasteiger partial charge in [-0.15, -0.1) is 0 Å². The number of allylic oxidation sites excluding steroid dienone is 1. The number of rotatable bonds is 7. The second-order valence-electron chi connectivity index (χ2n) is 10.0. The molecule has 184 valence electrons. The van der Waals surface area contributed by atoms with Gasteiger partial charge in [-0.1, -0.05) is 51.1 Å². The highest BCUT2D eigenvalue weighted by atomic mass is 16.5. The van der Waals surface area contributed by atoms with Crippen molar-refractivity contribution in [1.29, 1.82) is 0 Å². The van der Waals surface area contributed by atoms with E-state index in [1.54, 1.807) is 12.1 Å². The molecule has 0 aliphatic carbocycles. The van der Waals surface area contributed by atoms with Crippen molar-refractivity contribution in [1.82, 2.24) is 15.5 Å². The van der Waals surface area contributed by atoms with Gasteiger partial charge in [-0.05, 0) is 29.7 Å². The smallest absolute Gasteiger partial charge is 0.255 e. The Bertz CT molecular complexity index is 1160. The van der Waals surface area contributed by atoms with Crippen LogP contribution in [0.4, 0.5) is 0 Å². The molecule has 2 aliphatic heterocycles. The van der Waals surface area contributed by atoms with Crippen LogP contribution in [-0.4, -0.2) is 28.7 Å². The quantitative estimate of drug-likeness (QED) is 0.530. The molecule has 0 aromatic heterocycles. The zero-order chi connectivity index (χ0) is 25.2. The van der Waals surface area contributed by atoms with Crippen molar-refractivity contribution < 1.29 is 19.1 Å². The van der Waals surface area contributed by atoms with E-state index in [2.05, 4.69) is 31.4 Å². The van der Waals surface area contributed by atoms with E-state index in [4.69, 9.17) is 10.5 Å². The summed E-state index contributed by atoms with van der Waals surface area (Å²) in [4.78, 5) is 38.2. The molecule has 0 radical (unpaired) electrons. The fraction of sp³-hybridized carbons (Fsp3) is 0.370. The average Bonchev–Trinajstić information content (AvgIpc) is 3.14. The van der Waals surface area contributed by atoms with Crippen LogP contribution in [-0.2, 0) is 29.3 Å². The van der Waals surface area contributed by atoms with Crippen molar-refractivity contribution in [3.63, 3.8) is 0 Å². The molecule has 2 aromatic carbocycles. The Morgan fingerprint density at radius 1 is 1.14 bits per heavy atom. The number of nitrogens with one attached hydrogen (secondary N) is 2. The van der Waals surface area contributed by atoms with Crippen molar-refractivity contribution in [2.24, 2.45) is 11.1 Å². The van der Waals surface area contributed by atoms with E-state index >= 15 is 0 Å². The molecule has 1 unspecified atom stereocenters. The molecule has 1 saturated heterocycles. The summed E-state index contributed by atoms with van der Waals surface area (Å²) in [5.41, 5.74) is 10.2. The second kappa shape index (κ2) is 9.82. The lowest BCUT2D eigenvalue weighted by molar-refractivity contribution is -0.136. The van der Waals surface area contributed by atoms with Gasteiger partial charge in [-0.3, -0.25) is 19.7 Å². The first-order valence-electron chi connectivity index (χ1n) is 11.8. The standard InChI is InChI=1S/C27H32N4O4/c1-27(2,3)23(28)14-29-13-17-7-9-18(10-8-17)16-35-22-6-4-5-19-20(22)15-31(26(19)34)21-11-12-24(32)30-25(21)33/h4-10,14,21,29H,11-13,15-16,28H2,1-3H3,(H,30,32,33)/b23-14-. The summed E-state index contributed by atoms with van der Waals surface area (Å²) >= 11 is 0. The van der Waals surface area contributed by atoms with Crippen molar-refractivity contribution >= 4 is 17.7 Å². The summed E-state index contributed by atoms with van der Waals surface area (Å²) in [6, 6.07) is 12.8. The van der Waals surface area contributed by atoms with Crippen LogP contribution in [0.5, 0.6) is 5.75 Å². The number of hydrogen-bond acceptors (Lipinski definition) is 6. The number of carbonyl (C=O) groups is 3. The summed E-state index contributed by atoms with van der Waals surface area (Å²) in [5.74, 6) is -0.306. The molecule has 2 heterocycles. The molecule has 2 aromatic rings. The van der Waals surface area contributed by atoms with Crippen LogP contribution in [0, 0.1) is 5.41 Å². The lowest BCUT2D eigenvalue weighted by atomic mass is 9.93. The van der Waals surface area contributed by atoms with Crippen molar-refractivity contribution in [3.8, 4) is 5.75 Å². The third-order valence-electron chi connectivity index (χ3n) is 6.39. The minimum Gasteiger partial charge on any atom is -0.489 e. The Morgan fingerprint density at radius 2 is 1.86 bits per heavy atom. The van der Waals surface area contributed by atoms with Crippen molar-refractivity contribution in [2.75, 3.05) is 0 Å². The molecule has 4 N–H and O–H groups in total. The minimum absolute atomic E-state index is 0.0741. The molecule has 0 spiro atoms. The molecular formula is C27H32N4O4. The fourth-order valence-corrected chi connectivity index (χ4v) is 4.10. The number of benzene rings is 2. The molecule has 1 atom stereocenters. The van der Waals surface area contributed by atoms with Crippen LogP contribution < -0.4 is 21.1 Å². The van der Waals surface area contributed by atoms with Crippen LogP contribution in [0.3, 0.4) is 0 Å². The first-order valence-corrected chi connectivity index (χ1v) is 11.8. The number of amides is 3. The van der Waals surface area contributed by atoms with E-state index in [-0.39, 0.29) is 30.2 Å². The predicted octanol–water partition coefficient (Wildman–Crippen LogP) is 2.96. The van der Waals surface area contributed by atoms with E-state index in [0.717, 1.165) is 22.4 Å². The molecule has 3 amide bonds. The first kappa shape index (κ1) is 24.3. The molecule has 1 fully saturated rings. The Labute approximate surface area is 205 Å². The lowest BCUT2D eigenvalue weighted by Crippen LogP contribution is -2.52. The molecule has 0 bridgehead atoms. The normalized spacial score (nSPS) is 18.4. The number of hydrogen-bond donors (Lipinski definition) is 3. The zero-order valence-corrected chi connectivity index (χ0v) is 20.4. The van der Waals surface area contributed by atoms with Crippen molar-refractivity contribution in [3.05, 3.63) is 76.6 Å². The van der Waals surface area contributed by atoms with E-state index in [1.807, 2.05) is 36.5 Å². The van der Waals surface area contributed by atoms with E-state index in [1.165, 1.54) is 4.90 Å². The highest BCUT2D eigenvalue weighted by Gasteiger charge is 2.40. The van der Waals surface area contributed by atoms with Crippen molar-refractivity contribution in [2.45, 2.75) is 59.4 Å². The topological polar surface area (TPSA) is 114 Å². The fourth-order valence-electron chi connectivity index (χ4n) is 4.10. The summed E-state index contributed by atoms with van der Waals surface area (Å²) < 4.78 is 6.08. The van der Waals surface area contributed by atoms with E-state index in [0.29, 0.717) is 30.9 Å². The maximum atomic E-state index is 13.0. The number of ether oxygens (including phenoxy) is 1. The summed E-state index contributed by atoms with van der Waals surface area (Å²) in [7, 11) is 0. The van der Waals surface area contributed by atoms with Gasteiger partial charge < -0.3 is 20.7 Å². The zero-order valence-electron chi connectivity index (χ0n) is 20.4. The Morgan fingerprint density at radius 3 is 2.54 bits per heavy atom. The van der Waals surface area contributed by atoms with Crippen LogP contribution in [0.1, 0.15) is 60.7 Å². The van der Waals surface area contributed by atoms with Crippen LogP contribution >= 0.6 is 0 Å². The van der Waals surface area contributed by atoms with Crippen LogP contribution in [0.15, 0.2) is 54.4 Å². The number of carbonyl (C=O) groups excluding carboxylic acids is 3. The average molecular weight is 477 g/mol. The van der Waals surface area contributed by atoms with E-state index in [9.17, 15) is 14.4 Å². The third-order valence-corrected chi connectivity index (χ3v) is 6.39. The van der Waals surface area contributed by atoms with Crippen LogP contribution in [0.2, 0.25) is 0 Å². The number of nitrogens with two attached hydrogens (primary N) is 1. The SMILES string of the molecule is CC(C)(C)/C(N)=C/NCc1ccc(COc2cccc3c2CN(C2CCC(=O)NC2=O)C3=O)cc1. The van der Waals surface area contributed by atoms with Gasteiger partial charge in [0.25, 0.3) is 5.91 Å². The minimum atomic E-state index is -0.643. The van der Waals surface area contributed by atoms with Gasteiger partial charge in [0.2, 0.25) is 11.8 Å². The number of nitrogens with zero attached hydrogens (tertiary/aromatic N) is 1. The number of piperidine rings is 1. The van der Waals surface area contributed by atoms with Gasteiger partial charge >= 0.3 is 0 Å². The molecule has 8 heteroatoms. The number of imide groups is 1.